The third kappa shape index (κ3) is 6.89. The van der Waals surface area contributed by atoms with E-state index in [0.717, 1.165) is 0 Å². The van der Waals surface area contributed by atoms with Crippen LogP contribution in [0.4, 0.5) is 0 Å². The second-order valence-electron chi connectivity index (χ2n) is 8.37. The first kappa shape index (κ1) is 23.6. The van der Waals surface area contributed by atoms with Crippen molar-refractivity contribution in [2.45, 2.75) is 76.1 Å². The van der Waals surface area contributed by atoms with E-state index < -0.39 is 8.32 Å². The SMILES string of the molecule is COC(OC)[C@H](O[Si](C)(C)C(C)(C)C)/C(C)=C/[C@@H](C)C1SCCCS1. The van der Waals surface area contributed by atoms with Crippen molar-refractivity contribution in [2.24, 2.45) is 5.92 Å². The molecule has 3 nitrogen and oxygen atoms in total. The van der Waals surface area contributed by atoms with Crippen LogP contribution in [0.1, 0.15) is 41.0 Å². The van der Waals surface area contributed by atoms with Crippen molar-refractivity contribution in [3.8, 4) is 0 Å². The summed E-state index contributed by atoms with van der Waals surface area (Å²) in [6.45, 7) is 15.8. The molecule has 0 N–H and O–H groups in total. The van der Waals surface area contributed by atoms with Gasteiger partial charge in [0.2, 0.25) is 0 Å². The van der Waals surface area contributed by atoms with Crippen LogP contribution in [-0.2, 0) is 13.9 Å². The molecule has 0 amide bonds. The fraction of sp³-hybridized carbons (Fsp3) is 0.895. The number of rotatable bonds is 8. The standard InChI is InChI=1S/C19H38O3S2Si/c1-14(13-15(2)18-23-11-10-12-24-18)16(17(20-6)21-7)22-25(8,9)19(3,4)5/h13,15-18H,10-12H2,1-9H3/b14-13+/t15-,16-/m1/s1. The van der Waals surface area contributed by atoms with Gasteiger partial charge in [0.05, 0.1) is 4.58 Å². The molecule has 0 radical (unpaired) electrons. The van der Waals surface area contributed by atoms with E-state index >= 15 is 0 Å². The molecule has 1 heterocycles. The van der Waals surface area contributed by atoms with Gasteiger partial charge in [-0.05, 0) is 54.5 Å². The van der Waals surface area contributed by atoms with Gasteiger partial charge in [-0.15, -0.1) is 23.5 Å². The minimum atomic E-state index is -1.93. The first-order chi connectivity index (χ1) is 11.5. The molecule has 2 atom stereocenters. The van der Waals surface area contributed by atoms with E-state index in [-0.39, 0.29) is 17.4 Å². The monoisotopic (exact) mass is 406 g/mol. The van der Waals surface area contributed by atoms with Gasteiger partial charge >= 0.3 is 0 Å². The fourth-order valence-electron chi connectivity index (χ4n) is 2.60. The Balaban J connectivity index is 2.99. The number of allylic oxidation sites excluding steroid dienone is 1. The summed E-state index contributed by atoms with van der Waals surface area (Å²) in [6.07, 6.45) is 3.17. The molecule has 1 rings (SSSR count). The van der Waals surface area contributed by atoms with Crippen molar-refractivity contribution in [2.75, 3.05) is 25.7 Å². The van der Waals surface area contributed by atoms with Crippen molar-refractivity contribution < 1.29 is 13.9 Å². The fourth-order valence-corrected chi connectivity index (χ4v) is 6.88. The molecule has 0 aromatic carbocycles. The summed E-state index contributed by atoms with van der Waals surface area (Å²) in [4.78, 5) is 0. The number of hydrogen-bond acceptors (Lipinski definition) is 5. The average molecular weight is 407 g/mol. The zero-order valence-corrected chi connectivity index (χ0v) is 20.2. The summed E-state index contributed by atoms with van der Waals surface area (Å²) < 4.78 is 18.5. The molecule has 1 aliphatic rings. The molecular weight excluding hydrogens is 368 g/mol. The molecule has 0 aromatic rings. The van der Waals surface area contributed by atoms with E-state index in [1.54, 1.807) is 14.2 Å². The molecule has 0 spiro atoms. The Morgan fingerprint density at radius 2 is 1.64 bits per heavy atom. The highest BCUT2D eigenvalue weighted by Gasteiger charge is 2.41. The van der Waals surface area contributed by atoms with E-state index in [2.05, 4.69) is 77.3 Å². The quantitative estimate of drug-likeness (QED) is 0.290. The van der Waals surface area contributed by atoms with E-state index in [4.69, 9.17) is 13.9 Å². The van der Waals surface area contributed by atoms with Crippen LogP contribution in [0.3, 0.4) is 0 Å². The van der Waals surface area contributed by atoms with Crippen molar-refractivity contribution in [3.63, 3.8) is 0 Å². The summed E-state index contributed by atoms with van der Waals surface area (Å²) in [5.74, 6) is 3.06. The molecule has 0 aliphatic carbocycles. The summed E-state index contributed by atoms with van der Waals surface area (Å²) in [5, 5.41) is 0.151. The first-order valence-corrected chi connectivity index (χ1v) is 14.2. The van der Waals surface area contributed by atoms with Crippen LogP contribution in [0, 0.1) is 5.92 Å². The maximum atomic E-state index is 6.70. The Kier molecular flexibility index (Phi) is 9.60. The minimum Gasteiger partial charge on any atom is -0.405 e. The molecule has 0 saturated carbocycles. The summed E-state index contributed by atoms with van der Waals surface area (Å²) in [7, 11) is 1.46. The van der Waals surface area contributed by atoms with Gasteiger partial charge < -0.3 is 13.9 Å². The average Bonchev–Trinajstić information content (AvgIpc) is 2.54. The van der Waals surface area contributed by atoms with Gasteiger partial charge in [0.1, 0.15) is 6.10 Å². The van der Waals surface area contributed by atoms with Crippen LogP contribution >= 0.6 is 23.5 Å². The molecule has 0 unspecified atom stereocenters. The van der Waals surface area contributed by atoms with Crippen molar-refractivity contribution in [1.82, 2.24) is 0 Å². The Morgan fingerprint density at radius 3 is 2.08 bits per heavy atom. The largest absolute Gasteiger partial charge is 0.405 e. The lowest BCUT2D eigenvalue weighted by Gasteiger charge is -2.41. The number of thioether (sulfide) groups is 2. The van der Waals surface area contributed by atoms with Gasteiger partial charge in [0, 0.05) is 14.2 Å². The maximum Gasteiger partial charge on any atom is 0.193 e. The number of hydrogen-bond donors (Lipinski definition) is 0. The molecule has 1 saturated heterocycles. The van der Waals surface area contributed by atoms with Gasteiger partial charge in [-0.3, -0.25) is 0 Å². The van der Waals surface area contributed by atoms with E-state index in [1.165, 1.54) is 23.5 Å². The zero-order chi connectivity index (χ0) is 19.3. The van der Waals surface area contributed by atoms with Crippen LogP contribution in [0.5, 0.6) is 0 Å². The highest BCUT2D eigenvalue weighted by atomic mass is 32.2. The molecule has 25 heavy (non-hydrogen) atoms. The van der Waals surface area contributed by atoms with E-state index in [1.807, 2.05) is 0 Å². The van der Waals surface area contributed by atoms with Gasteiger partial charge in [-0.2, -0.15) is 0 Å². The highest BCUT2D eigenvalue weighted by molar-refractivity contribution is 8.17. The van der Waals surface area contributed by atoms with Gasteiger partial charge in [0.25, 0.3) is 0 Å². The van der Waals surface area contributed by atoms with Crippen molar-refractivity contribution >= 4 is 31.8 Å². The normalized spacial score (nSPS) is 20.8. The van der Waals surface area contributed by atoms with Gasteiger partial charge in [-0.1, -0.05) is 33.8 Å². The molecule has 6 heteroatoms. The lowest BCUT2D eigenvalue weighted by atomic mass is 10.1. The third-order valence-corrected chi connectivity index (χ3v) is 13.0. The smallest absolute Gasteiger partial charge is 0.193 e. The van der Waals surface area contributed by atoms with Gasteiger partial charge in [0.15, 0.2) is 14.6 Å². The predicted molar refractivity (Wildman–Crippen MR) is 116 cm³/mol. The molecule has 148 valence electrons. The van der Waals surface area contributed by atoms with Crippen LogP contribution < -0.4 is 0 Å². The Hall–Kier alpha value is 0.537. The Morgan fingerprint density at radius 1 is 1.12 bits per heavy atom. The molecule has 1 fully saturated rings. The second-order valence-corrected chi connectivity index (χ2v) is 15.9. The first-order valence-electron chi connectivity index (χ1n) is 9.18. The topological polar surface area (TPSA) is 27.7 Å². The van der Waals surface area contributed by atoms with E-state index in [0.29, 0.717) is 10.5 Å². The second kappa shape index (κ2) is 10.2. The van der Waals surface area contributed by atoms with Gasteiger partial charge in [-0.25, -0.2) is 0 Å². The zero-order valence-electron chi connectivity index (χ0n) is 17.5. The number of methoxy groups -OCH3 is 2. The summed E-state index contributed by atoms with van der Waals surface area (Å²) in [6, 6.07) is 0. The minimum absolute atomic E-state index is 0.151. The molecule has 0 aromatic heterocycles. The Labute approximate surface area is 165 Å². The lowest BCUT2D eigenvalue weighted by molar-refractivity contribution is -0.149. The van der Waals surface area contributed by atoms with Crippen LogP contribution in [0.2, 0.25) is 18.1 Å². The lowest BCUT2D eigenvalue weighted by Crippen LogP contribution is -2.48. The molecule has 1 aliphatic heterocycles. The molecular formula is C19H38O3S2Si. The Bertz CT molecular complexity index is 425. The third-order valence-electron chi connectivity index (χ3n) is 5.20. The van der Waals surface area contributed by atoms with Crippen LogP contribution in [-0.4, -0.2) is 51.0 Å². The molecule has 0 bridgehead atoms. The van der Waals surface area contributed by atoms with Crippen LogP contribution in [0.25, 0.3) is 0 Å². The maximum absolute atomic E-state index is 6.70. The summed E-state index contributed by atoms with van der Waals surface area (Å²) in [5.41, 5.74) is 1.22. The van der Waals surface area contributed by atoms with E-state index in [9.17, 15) is 0 Å². The summed E-state index contributed by atoms with van der Waals surface area (Å²) >= 11 is 4.17. The van der Waals surface area contributed by atoms with Crippen molar-refractivity contribution in [3.05, 3.63) is 11.6 Å². The van der Waals surface area contributed by atoms with Crippen LogP contribution in [0.15, 0.2) is 11.6 Å². The number of ether oxygens (including phenoxy) is 2. The highest BCUT2D eigenvalue weighted by Crippen LogP contribution is 2.40. The van der Waals surface area contributed by atoms with Crippen molar-refractivity contribution in [1.29, 1.82) is 0 Å². The predicted octanol–water partition coefficient (Wildman–Crippen LogP) is 5.77.